The van der Waals surface area contributed by atoms with E-state index in [0.717, 1.165) is 29.5 Å². The Morgan fingerprint density at radius 3 is 2.39 bits per heavy atom. The number of nitrogens with zero attached hydrogens (tertiary/aromatic N) is 1. The summed E-state index contributed by atoms with van der Waals surface area (Å²) >= 11 is 5.94. The van der Waals surface area contributed by atoms with Crippen LogP contribution in [0, 0.1) is 13.8 Å². The molecule has 0 aromatic heterocycles. The average molecular weight is 350 g/mol. The van der Waals surface area contributed by atoms with E-state index >= 15 is 0 Å². The van der Waals surface area contributed by atoms with Crippen molar-refractivity contribution in [2.45, 2.75) is 37.6 Å². The monoisotopic (exact) mass is 349 g/mol. The molecule has 5 heteroatoms. The normalized spacial score (nSPS) is 19.2. The molecule has 1 saturated heterocycles. The van der Waals surface area contributed by atoms with Gasteiger partial charge in [0.15, 0.2) is 0 Å². The fraction of sp³-hybridized carbons (Fsp3) is 0.333. The highest BCUT2D eigenvalue weighted by atomic mass is 35.5. The Morgan fingerprint density at radius 2 is 1.74 bits per heavy atom. The lowest BCUT2D eigenvalue weighted by Crippen LogP contribution is -2.30. The number of hydrogen-bond acceptors (Lipinski definition) is 2. The first-order valence-electron chi connectivity index (χ1n) is 7.74. The molecular formula is C18H20ClNO2S. The molecule has 122 valence electrons. The van der Waals surface area contributed by atoms with Gasteiger partial charge in [0.1, 0.15) is 0 Å². The van der Waals surface area contributed by atoms with Crippen molar-refractivity contribution in [1.29, 1.82) is 0 Å². The highest BCUT2D eigenvalue weighted by molar-refractivity contribution is 7.89. The first kappa shape index (κ1) is 16.5. The van der Waals surface area contributed by atoms with Crippen molar-refractivity contribution in [3.63, 3.8) is 0 Å². The van der Waals surface area contributed by atoms with Gasteiger partial charge in [0, 0.05) is 11.6 Å². The van der Waals surface area contributed by atoms with Gasteiger partial charge in [-0.25, -0.2) is 8.42 Å². The van der Waals surface area contributed by atoms with Crippen molar-refractivity contribution in [2.24, 2.45) is 0 Å². The summed E-state index contributed by atoms with van der Waals surface area (Å²) in [4.78, 5) is 0.376. The summed E-state index contributed by atoms with van der Waals surface area (Å²) in [5, 5.41) is 0.662. The van der Waals surface area contributed by atoms with E-state index in [1.54, 1.807) is 16.4 Å². The third kappa shape index (κ3) is 3.16. The van der Waals surface area contributed by atoms with Crippen LogP contribution in [0.4, 0.5) is 0 Å². The Morgan fingerprint density at radius 1 is 1.04 bits per heavy atom. The van der Waals surface area contributed by atoms with Crippen LogP contribution in [0.1, 0.15) is 35.6 Å². The zero-order chi connectivity index (χ0) is 16.6. The highest BCUT2D eigenvalue weighted by Gasteiger charge is 2.36. The maximum absolute atomic E-state index is 13.0. The lowest BCUT2D eigenvalue weighted by Gasteiger charge is -2.25. The Hall–Kier alpha value is -1.36. The summed E-state index contributed by atoms with van der Waals surface area (Å²) in [5.41, 5.74) is 3.09. The first-order valence-corrected chi connectivity index (χ1v) is 9.56. The standard InChI is InChI=1S/C18H20ClNO2S/c1-13-5-10-17(12-14(13)2)23(21,22)20-11-3-4-18(20)15-6-8-16(19)9-7-15/h5-10,12,18H,3-4,11H2,1-2H3/t18-/m0/s1. The van der Waals surface area contributed by atoms with Crippen LogP contribution in [-0.2, 0) is 10.0 Å². The zero-order valence-corrected chi connectivity index (χ0v) is 14.9. The highest BCUT2D eigenvalue weighted by Crippen LogP contribution is 2.37. The summed E-state index contributed by atoms with van der Waals surface area (Å²) in [5.74, 6) is 0. The number of hydrogen-bond donors (Lipinski definition) is 0. The molecule has 0 amide bonds. The predicted octanol–water partition coefficient (Wildman–Crippen LogP) is 4.48. The zero-order valence-electron chi connectivity index (χ0n) is 13.3. The van der Waals surface area contributed by atoms with Crippen LogP contribution < -0.4 is 0 Å². The molecule has 1 atom stereocenters. The fourth-order valence-corrected chi connectivity index (χ4v) is 4.95. The minimum Gasteiger partial charge on any atom is -0.207 e. The van der Waals surface area contributed by atoms with Crippen LogP contribution in [0.15, 0.2) is 47.4 Å². The quantitative estimate of drug-likeness (QED) is 0.819. The van der Waals surface area contributed by atoms with Gasteiger partial charge >= 0.3 is 0 Å². The second-order valence-corrected chi connectivity index (χ2v) is 8.40. The fourth-order valence-electron chi connectivity index (χ4n) is 3.06. The van der Waals surface area contributed by atoms with E-state index in [9.17, 15) is 8.42 Å². The summed E-state index contributed by atoms with van der Waals surface area (Å²) < 4.78 is 27.7. The Labute approximate surface area is 142 Å². The third-order valence-electron chi connectivity index (χ3n) is 4.54. The van der Waals surface area contributed by atoms with E-state index in [2.05, 4.69) is 0 Å². The molecule has 0 aliphatic carbocycles. The maximum Gasteiger partial charge on any atom is 0.243 e. The molecule has 23 heavy (non-hydrogen) atoms. The van der Waals surface area contributed by atoms with E-state index in [1.165, 1.54) is 0 Å². The van der Waals surface area contributed by atoms with Crippen LogP contribution in [0.25, 0.3) is 0 Å². The minimum absolute atomic E-state index is 0.112. The largest absolute Gasteiger partial charge is 0.243 e. The smallest absolute Gasteiger partial charge is 0.207 e. The predicted molar refractivity (Wildman–Crippen MR) is 93.2 cm³/mol. The van der Waals surface area contributed by atoms with Gasteiger partial charge in [0.2, 0.25) is 10.0 Å². The summed E-state index contributed by atoms with van der Waals surface area (Å²) in [6, 6.07) is 12.7. The molecule has 1 fully saturated rings. The number of rotatable bonds is 3. The number of aryl methyl sites for hydroxylation is 2. The van der Waals surface area contributed by atoms with Gasteiger partial charge in [0.25, 0.3) is 0 Å². The molecule has 3 nitrogen and oxygen atoms in total. The molecule has 3 rings (SSSR count). The summed E-state index contributed by atoms with van der Waals surface area (Å²) in [6.07, 6.45) is 1.71. The van der Waals surface area contributed by atoms with E-state index in [4.69, 9.17) is 11.6 Å². The number of benzene rings is 2. The SMILES string of the molecule is Cc1ccc(S(=O)(=O)N2CCC[C@H]2c2ccc(Cl)cc2)cc1C. The first-order chi connectivity index (χ1) is 10.9. The second-order valence-electron chi connectivity index (χ2n) is 6.07. The molecule has 0 bridgehead atoms. The van der Waals surface area contributed by atoms with Gasteiger partial charge in [-0.05, 0) is 67.6 Å². The van der Waals surface area contributed by atoms with Gasteiger partial charge in [0.05, 0.1) is 10.9 Å². The van der Waals surface area contributed by atoms with Crippen LogP contribution in [0.5, 0.6) is 0 Å². The molecule has 0 radical (unpaired) electrons. The van der Waals surface area contributed by atoms with Crippen molar-refractivity contribution >= 4 is 21.6 Å². The van der Waals surface area contributed by atoms with Gasteiger partial charge in [-0.1, -0.05) is 29.8 Å². The van der Waals surface area contributed by atoms with Crippen molar-refractivity contribution in [1.82, 2.24) is 4.31 Å². The van der Waals surface area contributed by atoms with E-state index < -0.39 is 10.0 Å². The van der Waals surface area contributed by atoms with Crippen molar-refractivity contribution in [3.8, 4) is 0 Å². The molecule has 1 aliphatic heterocycles. The van der Waals surface area contributed by atoms with Crippen LogP contribution in [0.3, 0.4) is 0 Å². The number of sulfonamides is 1. The van der Waals surface area contributed by atoms with E-state index in [0.29, 0.717) is 16.5 Å². The summed E-state index contributed by atoms with van der Waals surface area (Å²) in [6.45, 7) is 4.48. The lowest BCUT2D eigenvalue weighted by molar-refractivity contribution is 0.396. The molecule has 0 N–H and O–H groups in total. The van der Waals surface area contributed by atoms with Crippen LogP contribution >= 0.6 is 11.6 Å². The maximum atomic E-state index is 13.0. The van der Waals surface area contributed by atoms with Crippen LogP contribution in [0.2, 0.25) is 5.02 Å². The molecule has 1 heterocycles. The van der Waals surface area contributed by atoms with E-state index in [-0.39, 0.29) is 6.04 Å². The van der Waals surface area contributed by atoms with Crippen molar-refractivity contribution in [2.75, 3.05) is 6.54 Å². The molecule has 2 aromatic rings. The molecule has 2 aromatic carbocycles. The van der Waals surface area contributed by atoms with Gasteiger partial charge < -0.3 is 0 Å². The molecule has 0 saturated carbocycles. The van der Waals surface area contributed by atoms with Crippen molar-refractivity contribution < 1.29 is 8.42 Å². The lowest BCUT2D eigenvalue weighted by atomic mass is 10.1. The van der Waals surface area contributed by atoms with Gasteiger partial charge in [-0.15, -0.1) is 0 Å². The Kier molecular flexibility index (Phi) is 4.50. The Bertz CT molecular complexity index is 815. The number of halogens is 1. The average Bonchev–Trinajstić information content (AvgIpc) is 3.01. The molecule has 1 aliphatic rings. The van der Waals surface area contributed by atoms with Gasteiger partial charge in [-0.2, -0.15) is 4.31 Å². The summed E-state index contributed by atoms with van der Waals surface area (Å²) in [7, 11) is -3.49. The third-order valence-corrected chi connectivity index (χ3v) is 6.70. The van der Waals surface area contributed by atoms with Crippen LogP contribution in [-0.4, -0.2) is 19.3 Å². The Balaban J connectivity index is 1.97. The minimum atomic E-state index is -3.49. The molecular weight excluding hydrogens is 330 g/mol. The van der Waals surface area contributed by atoms with Gasteiger partial charge in [-0.3, -0.25) is 0 Å². The molecule has 0 unspecified atom stereocenters. The van der Waals surface area contributed by atoms with Crippen molar-refractivity contribution in [3.05, 3.63) is 64.2 Å². The second kappa shape index (κ2) is 6.27. The molecule has 0 spiro atoms. The topological polar surface area (TPSA) is 37.4 Å². The van der Waals surface area contributed by atoms with E-state index in [1.807, 2.05) is 44.2 Å².